The predicted molar refractivity (Wildman–Crippen MR) is 72.6 cm³/mol. The molecule has 8 heteroatoms. The van der Waals surface area contributed by atoms with Crippen molar-refractivity contribution in [3.05, 3.63) is 0 Å². The van der Waals surface area contributed by atoms with Gasteiger partial charge in [-0.15, -0.1) is 0 Å². The molecule has 1 aliphatic carbocycles. The molecule has 0 aromatic heterocycles. The largest absolute Gasteiger partial charge is 0.481 e. The van der Waals surface area contributed by atoms with E-state index in [4.69, 9.17) is 5.11 Å². The van der Waals surface area contributed by atoms with Crippen LogP contribution in [0.15, 0.2) is 0 Å². The number of carboxylic acids is 1. The van der Waals surface area contributed by atoms with Gasteiger partial charge in [0.15, 0.2) is 0 Å². The first-order chi connectivity index (χ1) is 9.99. The van der Waals surface area contributed by atoms with Crippen molar-refractivity contribution in [3.8, 4) is 0 Å². The zero-order valence-corrected chi connectivity index (χ0v) is 11.7. The molecule has 118 valence electrons. The Labute approximate surface area is 122 Å². The molecule has 4 N–H and O–H groups in total. The minimum absolute atomic E-state index is 0.262. The van der Waals surface area contributed by atoms with Gasteiger partial charge in [0.1, 0.15) is 6.04 Å². The molecule has 0 radical (unpaired) electrons. The molecule has 3 atom stereocenters. The molecule has 0 bridgehead atoms. The lowest BCUT2D eigenvalue weighted by Gasteiger charge is -2.36. The average Bonchev–Trinajstić information content (AvgIpc) is 2.43. The number of nitrogens with one attached hydrogen (secondary N) is 2. The monoisotopic (exact) mass is 299 g/mol. The Hall–Kier alpha value is -1.83. The van der Waals surface area contributed by atoms with Crippen LogP contribution in [0.5, 0.6) is 0 Å². The second-order valence-corrected chi connectivity index (χ2v) is 5.51. The zero-order chi connectivity index (χ0) is 15.4. The van der Waals surface area contributed by atoms with Crippen LogP contribution in [-0.2, 0) is 9.59 Å². The van der Waals surface area contributed by atoms with Gasteiger partial charge in [0, 0.05) is 13.1 Å². The lowest BCUT2D eigenvalue weighted by atomic mass is 9.93. The summed E-state index contributed by atoms with van der Waals surface area (Å²) in [7, 11) is 0. The molecule has 2 rings (SSSR count). The smallest absolute Gasteiger partial charge is 0.318 e. The lowest BCUT2D eigenvalue weighted by molar-refractivity contribution is -0.142. The van der Waals surface area contributed by atoms with Crippen molar-refractivity contribution in [2.45, 2.75) is 50.3 Å². The number of urea groups is 1. The van der Waals surface area contributed by atoms with Crippen molar-refractivity contribution >= 4 is 17.9 Å². The number of amides is 3. The Morgan fingerprint density at radius 1 is 1.33 bits per heavy atom. The molecule has 1 saturated heterocycles. The number of carbonyl (C=O) groups excluding carboxylic acids is 2. The summed E-state index contributed by atoms with van der Waals surface area (Å²) in [5.74, 6) is -1.59. The van der Waals surface area contributed by atoms with Gasteiger partial charge in [-0.2, -0.15) is 0 Å². The minimum Gasteiger partial charge on any atom is -0.481 e. The first-order valence-electron chi connectivity index (χ1n) is 7.23. The number of rotatable bonds is 3. The molecular formula is C13H21N3O5. The van der Waals surface area contributed by atoms with Crippen LogP contribution in [0, 0.1) is 0 Å². The SMILES string of the molecule is O=C(O)CC1C(=O)NCCN1C(=O)NC1CCCCC1O. The van der Waals surface area contributed by atoms with Crippen molar-refractivity contribution < 1.29 is 24.6 Å². The second kappa shape index (κ2) is 6.75. The Kier molecular flexibility index (Phi) is 5.00. The van der Waals surface area contributed by atoms with Gasteiger partial charge in [0.2, 0.25) is 5.91 Å². The summed E-state index contributed by atoms with van der Waals surface area (Å²) in [6, 6.07) is -1.82. The molecule has 1 aliphatic heterocycles. The van der Waals surface area contributed by atoms with Crippen LogP contribution in [0.4, 0.5) is 4.79 Å². The highest BCUT2D eigenvalue weighted by Crippen LogP contribution is 2.19. The molecule has 1 heterocycles. The van der Waals surface area contributed by atoms with Gasteiger partial charge >= 0.3 is 12.0 Å². The van der Waals surface area contributed by atoms with Crippen LogP contribution in [0.2, 0.25) is 0 Å². The summed E-state index contributed by atoms with van der Waals surface area (Å²) in [5, 5.41) is 24.0. The standard InChI is InChI=1S/C13H21N3O5/c17-10-4-2-1-3-8(10)15-13(21)16-6-5-14-12(20)9(16)7-11(18)19/h8-10,17H,1-7H2,(H,14,20)(H,15,21)(H,18,19). The van der Waals surface area contributed by atoms with Crippen LogP contribution in [-0.4, -0.2) is 64.3 Å². The third kappa shape index (κ3) is 3.84. The van der Waals surface area contributed by atoms with Crippen LogP contribution in [0.25, 0.3) is 0 Å². The van der Waals surface area contributed by atoms with E-state index in [-0.39, 0.29) is 12.6 Å². The van der Waals surface area contributed by atoms with Gasteiger partial charge < -0.3 is 25.7 Å². The molecule has 21 heavy (non-hydrogen) atoms. The summed E-state index contributed by atoms with van der Waals surface area (Å²) < 4.78 is 0. The number of piperazine rings is 1. The number of nitrogens with zero attached hydrogens (tertiary/aromatic N) is 1. The van der Waals surface area contributed by atoms with Gasteiger partial charge in [0.05, 0.1) is 18.6 Å². The van der Waals surface area contributed by atoms with E-state index in [0.717, 1.165) is 12.8 Å². The number of aliphatic hydroxyl groups excluding tert-OH is 1. The lowest BCUT2D eigenvalue weighted by Crippen LogP contribution is -2.61. The van der Waals surface area contributed by atoms with Gasteiger partial charge in [0.25, 0.3) is 0 Å². The summed E-state index contributed by atoms with van der Waals surface area (Å²) in [6.45, 7) is 0.563. The molecule has 0 spiro atoms. The Morgan fingerprint density at radius 2 is 2.05 bits per heavy atom. The van der Waals surface area contributed by atoms with Crippen LogP contribution in [0.1, 0.15) is 32.1 Å². The van der Waals surface area contributed by atoms with Gasteiger partial charge in [-0.1, -0.05) is 12.8 Å². The maximum Gasteiger partial charge on any atom is 0.318 e. The first kappa shape index (κ1) is 15.6. The highest BCUT2D eigenvalue weighted by atomic mass is 16.4. The fraction of sp³-hybridized carbons (Fsp3) is 0.769. The van der Waals surface area contributed by atoms with Crippen molar-refractivity contribution in [1.29, 1.82) is 0 Å². The summed E-state index contributed by atoms with van der Waals surface area (Å²) in [6.07, 6.45) is 2.19. The molecule has 3 unspecified atom stereocenters. The van der Waals surface area contributed by atoms with Gasteiger partial charge in [-0.3, -0.25) is 9.59 Å². The third-order valence-corrected chi connectivity index (χ3v) is 4.00. The topological polar surface area (TPSA) is 119 Å². The predicted octanol–water partition coefficient (Wildman–Crippen LogP) is -0.725. The molecule has 2 aliphatic rings. The number of aliphatic carboxylic acids is 1. The number of hydrogen-bond donors (Lipinski definition) is 4. The van der Waals surface area contributed by atoms with Crippen LogP contribution < -0.4 is 10.6 Å². The fourth-order valence-electron chi connectivity index (χ4n) is 2.85. The highest BCUT2D eigenvalue weighted by molar-refractivity contribution is 5.91. The molecular weight excluding hydrogens is 278 g/mol. The molecule has 2 fully saturated rings. The maximum atomic E-state index is 12.3. The van der Waals surface area contributed by atoms with Crippen molar-refractivity contribution in [2.24, 2.45) is 0 Å². The summed E-state index contributed by atoms with van der Waals surface area (Å²) >= 11 is 0. The number of aliphatic hydroxyl groups is 1. The molecule has 1 saturated carbocycles. The van der Waals surface area contributed by atoms with Crippen molar-refractivity contribution in [3.63, 3.8) is 0 Å². The Morgan fingerprint density at radius 3 is 2.71 bits per heavy atom. The summed E-state index contributed by atoms with van der Waals surface area (Å²) in [4.78, 5) is 36.1. The van der Waals surface area contributed by atoms with E-state index in [2.05, 4.69) is 10.6 Å². The van der Waals surface area contributed by atoms with E-state index in [1.807, 2.05) is 0 Å². The van der Waals surface area contributed by atoms with E-state index < -0.39 is 36.5 Å². The van der Waals surface area contributed by atoms with E-state index in [9.17, 15) is 19.5 Å². The summed E-state index contributed by atoms with van der Waals surface area (Å²) in [5.41, 5.74) is 0. The average molecular weight is 299 g/mol. The van der Waals surface area contributed by atoms with Crippen LogP contribution in [0.3, 0.4) is 0 Å². The minimum atomic E-state index is -1.13. The fourth-order valence-corrected chi connectivity index (χ4v) is 2.85. The maximum absolute atomic E-state index is 12.3. The van der Waals surface area contributed by atoms with Crippen molar-refractivity contribution in [1.82, 2.24) is 15.5 Å². The first-order valence-corrected chi connectivity index (χ1v) is 7.23. The van der Waals surface area contributed by atoms with Gasteiger partial charge in [-0.05, 0) is 12.8 Å². The Bertz CT molecular complexity index is 428. The quantitative estimate of drug-likeness (QED) is 0.548. The number of carbonyl (C=O) groups is 3. The van der Waals surface area contributed by atoms with Crippen LogP contribution >= 0.6 is 0 Å². The molecule has 3 amide bonds. The van der Waals surface area contributed by atoms with Gasteiger partial charge in [-0.25, -0.2) is 4.79 Å². The van der Waals surface area contributed by atoms with Crippen molar-refractivity contribution in [2.75, 3.05) is 13.1 Å². The number of hydrogen-bond acceptors (Lipinski definition) is 4. The Balaban J connectivity index is 2.01. The second-order valence-electron chi connectivity index (χ2n) is 5.51. The normalized spacial score (nSPS) is 29.7. The zero-order valence-electron chi connectivity index (χ0n) is 11.7. The highest BCUT2D eigenvalue weighted by Gasteiger charge is 2.36. The van der Waals surface area contributed by atoms with E-state index in [1.165, 1.54) is 4.90 Å². The number of carboxylic acid groups (broad SMARTS) is 1. The molecule has 0 aromatic rings. The molecule has 8 nitrogen and oxygen atoms in total. The van der Waals surface area contributed by atoms with E-state index >= 15 is 0 Å². The third-order valence-electron chi connectivity index (χ3n) is 4.00. The van der Waals surface area contributed by atoms with E-state index in [1.54, 1.807) is 0 Å². The molecule has 0 aromatic carbocycles. The van der Waals surface area contributed by atoms with E-state index in [0.29, 0.717) is 19.4 Å².